The van der Waals surface area contributed by atoms with Gasteiger partial charge in [-0.25, -0.2) is 0 Å². The first-order chi connectivity index (χ1) is 26.0. The number of benzene rings is 9. The van der Waals surface area contributed by atoms with Gasteiger partial charge in [-0.15, -0.1) is 0 Å². The van der Waals surface area contributed by atoms with Crippen LogP contribution in [-0.4, -0.2) is 0 Å². The quantitative estimate of drug-likeness (QED) is 0.172. The number of rotatable bonds is 4. The third kappa shape index (κ3) is 4.45. The fourth-order valence-corrected chi connectivity index (χ4v) is 9.06. The first kappa shape index (κ1) is 30.0. The molecule has 0 amide bonds. The second-order valence-corrected chi connectivity index (χ2v) is 14.9. The predicted molar refractivity (Wildman–Crippen MR) is 224 cm³/mol. The maximum atomic E-state index is 6.42. The van der Waals surface area contributed by atoms with E-state index in [0.717, 1.165) is 39.0 Å². The van der Waals surface area contributed by atoms with Crippen molar-refractivity contribution in [2.24, 2.45) is 0 Å². The Morgan fingerprint density at radius 1 is 0.396 bits per heavy atom. The van der Waals surface area contributed by atoms with E-state index < -0.39 is 0 Å². The van der Waals surface area contributed by atoms with Gasteiger partial charge in [0.1, 0.15) is 11.2 Å². The summed E-state index contributed by atoms with van der Waals surface area (Å²) in [5, 5.41) is 9.93. The van der Waals surface area contributed by atoms with Crippen LogP contribution in [0.4, 0.5) is 17.1 Å². The Morgan fingerprint density at radius 2 is 1.02 bits per heavy atom. The van der Waals surface area contributed by atoms with E-state index >= 15 is 0 Å². The summed E-state index contributed by atoms with van der Waals surface area (Å²) in [6, 6.07) is 64.3. The summed E-state index contributed by atoms with van der Waals surface area (Å²) in [7, 11) is 0. The molecular formula is C51H35NO. The van der Waals surface area contributed by atoms with Gasteiger partial charge in [-0.05, 0) is 114 Å². The van der Waals surface area contributed by atoms with Crippen molar-refractivity contribution in [2.75, 3.05) is 4.90 Å². The van der Waals surface area contributed by atoms with Crippen molar-refractivity contribution in [2.45, 2.75) is 19.3 Å². The normalized spacial score (nSPS) is 13.2. The van der Waals surface area contributed by atoms with Gasteiger partial charge in [-0.2, -0.15) is 0 Å². The molecule has 1 aromatic heterocycles. The third-order valence-corrected chi connectivity index (χ3v) is 11.6. The van der Waals surface area contributed by atoms with Crippen LogP contribution in [0.1, 0.15) is 25.0 Å². The molecule has 2 heteroatoms. The van der Waals surface area contributed by atoms with Gasteiger partial charge >= 0.3 is 0 Å². The van der Waals surface area contributed by atoms with Gasteiger partial charge in [0.15, 0.2) is 0 Å². The number of hydrogen-bond acceptors (Lipinski definition) is 2. The monoisotopic (exact) mass is 677 g/mol. The van der Waals surface area contributed by atoms with E-state index in [1.807, 2.05) is 12.1 Å². The maximum Gasteiger partial charge on any atom is 0.137 e. The lowest BCUT2D eigenvalue weighted by Gasteiger charge is -2.27. The van der Waals surface area contributed by atoms with E-state index in [1.54, 1.807) is 0 Å². The van der Waals surface area contributed by atoms with Crippen molar-refractivity contribution >= 4 is 71.3 Å². The fourth-order valence-electron chi connectivity index (χ4n) is 9.06. The third-order valence-electron chi connectivity index (χ3n) is 11.6. The first-order valence-corrected chi connectivity index (χ1v) is 18.4. The van der Waals surface area contributed by atoms with E-state index in [4.69, 9.17) is 4.42 Å². The molecule has 1 heterocycles. The molecule has 0 radical (unpaired) electrons. The van der Waals surface area contributed by atoms with Crippen molar-refractivity contribution < 1.29 is 4.42 Å². The zero-order valence-electron chi connectivity index (χ0n) is 29.6. The number of fused-ring (bicyclic) bond motifs is 11. The van der Waals surface area contributed by atoms with Gasteiger partial charge in [0, 0.05) is 39.3 Å². The molecule has 0 spiro atoms. The second kappa shape index (κ2) is 11.2. The van der Waals surface area contributed by atoms with Crippen LogP contribution in [0.5, 0.6) is 0 Å². The maximum absolute atomic E-state index is 6.42. The molecule has 0 saturated heterocycles. The first-order valence-electron chi connectivity index (χ1n) is 18.4. The lowest BCUT2D eigenvalue weighted by Crippen LogP contribution is -2.15. The standard InChI is InChI=1S/C51H35NO/c1-51(2)46-17-9-7-14-40(46)45-30-36(26-28-47(45)51)52(37-25-27-42-41-15-8-10-18-48(41)53-49(42)31-37)35-23-21-33(22-24-35)44-29-34-20-19-32-11-3-4-12-38(32)50(34)43-16-6-5-13-39(43)44/h3-31H,1-2H3. The Morgan fingerprint density at radius 3 is 1.89 bits per heavy atom. The van der Waals surface area contributed by atoms with Crippen molar-refractivity contribution in [3.8, 4) is 22.3 Å². The van der Waals surface area contributed by atoms with Crippen LogP contribution >= 0.6 is 0 Å². The van der Waals surface area contributed by atoms with Crippen molar-refractivity contribution in [3.05, 3.63) is 187 Å². The van der Waals surface area contributed by atoms with Crippen molar-refractivity contribution in [3.63, 3.8) is 0 Å². The highest BCUT2D eigenvalue weighted by molar-refractivity contribution is 6.23. The summed E-state index contributed by atoms with van der Waals surface area (Å²) in [5.41, 5.74) is 12.8. The van der Waals surface area contributed by atoms with Crippen molar-refractivity contribution in [1.29, 1.82) is 0 Å². The Balaban J connectivity index is 1.09. The van der Waals surface area contributed by atoms with Crippen molar-refractivity contribution in [1.82, 2.24) is 0 Å². The SMILES string of the molecule is CC1(C)c2ccccc2-c2cc(N(c3ccc(-c4cc5ccc6ccccc6c5c5ccccc45)cc3)c3ccc4c(c3)oc3ccccc34)ccc21. The average Bonchev–Trinajstić information content (AvgIpc) is 3.69. The molecule has 0 unspecified atom stereocenters. The van der Waals surface area contributed by atoms with Gasteiger partial charge in [0.05, 0.1) is 0 Å². The smallest absolute Gasteiger partial charge is 0.137 e. The number of anilines is 3. The molecule has 0 N–H and O–H groups in total. The van der Waals surface area contributed by atoms with Crippen LogP contribution < -0.4 is 4.90 Å². The molecule has 0 atom stereocenters. The molecule has 11 rings (SSSR count). The lowest BCUT2D eigenvalue weighted by atomic mass is 9.82. The van der Waals surface area contributed by atoms with Gasteiger partial charge in [-0.1, -0.05) is 135 Å². The molecule has 9 aromatic carbocycles. The summed E-state index contributed by atoms with van der Waals surface area (Å²) in [4.78, 5) is 2.37. The molecule has 250 valence electrons. The summed E-state index contributed by atoms with van der Waals surface area (Å²) in [6.07, 6.45) is 0. The predicted octanol–water partition coefficient (Wildman–Crippen LogP) is 14.5. The fraction of sp³-hybridized carbons (Fsp3) is 0.0588. The molecule has 0 aliphatic heterocycles. The minimum Gasteiger partial charge on any atom is -0.456 e. The van der Waals surface area contributed by atoms with E-state index in [0.29, 0.717) is 0 Å². The minimum absolute atomic E-state index is 0.0565. The molecule has 2 nitrogen and oxygen atoms in total. The van der Waals surface area contributed by atoms with E-state index in [9.17, 15) is 0 Å². The highest BCUT2D eigenvalue weighted by Crippen LogP contribution is 2.51. The molecule has 0 saturated carbocycles. The van der Waals surface area contributed by atoms with Crippen LogP contribution in [0.25, 0.3) is 76.5 Å². The van der Waals surface area contributed by atoms with E-state index in [2.05, 4.69) is 183 Å². The van der Waals surface area contributed by atoms with Crippen LogP contribution in [0.3, 0.4) is 0 Å². The molecule has 10 aromatic rings. The lowest BCUT2D eigenvalue weighted by molar-refractivity contribution is 0.660. The Kier molecular flexibility index (Phi) is 6.33. The van der Waals surface area contributed by atoms with Gasteiger partial charge in [0.25, 0.3) is 0 Å². The Bertz CT molecular complexity index is 3090. The molecule has 0 fully saturated rings. The van der Waals surface area contributed by atoms with Gasteiger partial charge in [-0.3, -0.25) is 0 Å². The number of para-hydroxylation sites is 1. The largest absolute Gasteiger partial charge is 0.456 e. The van der Waals surface area contributed by atoms with Crippen LogP contribution in [-0.2, 0) is 5.41 Å². The second-order valence-electron chi connectivity index (χ2n) is 14.9. The van der Waals surface area contributed by atoms with Gasteiger partial charge < -0.3 is 9.32 Å². The number of hydrogen-bond donors (Lipinski definition) is 0. The Hall–Kier alpha value is -6.64. The zero-order valence-corrected chi connectivity index (χ0v) is 29.6. The van der Waals surface area contributed by atoms with Crippen LogP contribution in [0, 0.1) is 0 Å². The highest BCUT2D eigenvalue weighted by Gasteiger charge is 2.35. The van der Waals surface area contributed by atoms with Gasteiger partial charge in [0.2, 0.25) is 0 Å². The molecule has 1 aliphatic carbocycles. The topological polar surface area (TPSA) is 16.4 Å². The van der Waals surface area contributed by atoms with E-state index in [1.165, 1.54) is 65.7 Å². The molecule has 0 bridgehead atoms. The Labute approximate surface area is 308 Å². The zero-order chi connectivity index (χ0) is 35.3. The molecular weight excluding hydrogens is 643 g/mol. The summed E-state index contributed by atoms with van der Waals surface area (Å²) >= 11 is 0. The summed E-state index contributed by atoms with van der Waals surface area (Å²) < 4.78 is 6.42. The average molecular weight is 678 g/mol. The number of nitrogens with zero attached hydrogens (tertiary/aromatic N) is 1. The molecule has 1 aliphatic rings. The summed E-state index contributed by atoms with van der Waals surface area (Å²) in [5.74, 6) is 0. The van der Waals surface area contributed by atoms with E-state index in [-0.39, 0.29) is 5.41 Å². The van der Waals surface area contributed by atoms with Crippen LogP contribution in [0.2, 0.25) is 0 Å². The molecule has 53 heavy (non-hydrogen) atoms. The number of furan rings is 1. The minimum atomic E-state index is -0.0565. The highest BCUT2D eigenvalue weighted by atomic mass is 16.3. The summed E-state index contributed by atoms with van der Waals surface area (Å²) in [6.45, 7) is 4.67. The van der Waals surface area contributed by atoms with Crippen LogP contribution in [0.15, 0.2) is 180 Å².